The summed E-state index contributed by atoms with van der Waals surface area (Å²) in [5.41, 5.74) is 1.63. The van der Waals surface area contributed by atoms with E-state index in [0.717, 1.165) is 5.56 Å². The number of rotatable bonds is 3. The third-order valence-corrected chi connectivity index (χ3v) is 2.68. The van der Waals surface area contributed by atoms with Gasteiger partial charge in [-0.2, -0.15) is 0 Å². The van der Waals surface area contributed by atoms with E-state index in [9.17, 15) is 14.7 Å². The molecule has 4 heteroatoms. The van der Waals surface area contributed by atoms with Crippen LogP contribution in [0.25, 0.3) is 0 Å². The van der Waals surface area contributed by atoms with Gasteiger partial charge in [0.25, 0.3) is 5.91 Å². The van der Waals surface area contributed by atoms with E-state index in [0.29, 0.717) is 5.56 Å². The van der Waals surface area contributed by atoms with Crippen molar-refractivity contribution >= 4 is 17.6 Å². The number of hydrogen-bond donors (Lipinski definition) is 1. The van der Waals surface area contributed by atoms with Gasteiger partial charge in [0.15, 0.2) is 0 Å². The van der Waals surface area contributed by atoms with E-state index in [1.165, 1.54) is 12.1 Å². The highest BCUT2D eigenvalue weighted by Crippen LogP contribution is 2.15. The largest absolute Gasteiger partial charge is 0.545 e. The lowest BCUT2D eigenvalue weighted by Gasteiger charge is -2.11. The molecular formula is C15H12NO3-. The summed E-state index contributed by atoms with van der Waals surface area (Å²) in [6.07, 6.45) is 0. The number of nitrogens with one attached hydrogen (secondary N) is 1. The molecule has 2 aromatic carbocycles. The van der Waals surface area contributed by atoms with Crippen LogP contribution in [0.5, 0.6) is 0 Å². The van der Waals surface area contributed by atoms with Crippen LogP contribution in [0.4, 0.5) is 5.69 Å². The lowest BCUT2D eigenvalue weighted by atomic mass is 10.1. The third kappa shape index (κ3) is 2.98. The maximum Gasteiger partial charge on any atom is 0.255 e. The highest BCUT2D eigenvalue weighted by molar-refractivity contribution is 6.07. The highest BCUT2D eigenvalue weighted by atomic mass is 16.4. The zero-order valence-corrected chi connectivity index (χ0v) is 10.3. The topological polar surface area (TPSA) is 69.2 Å². The number of para-hydroxylation sites is 1. The van der Waals surface area contributed by atoms with Crippen LogP contribution in [-0.4, -0.2) is 11.9 Å². The number of carbonyl (C=O) groups is 2. The van der Waals surface area contributed by atoms with Crippen LogP contribution < -0.4 is 10.4 Å². The molecule has 2 aromatic rings. The van der Waals surface area contributed by atoms with Gasteiger partial charge in [-0.05, 0) is 25.1 Å². The molecule has 0 bridgehead atoms. The Morgan fingerprint density at radius 2 is 1.79 bits per heavy atom. The van der Waals surface area contributed by atoms with E-state index in [4.69, 9.17) is 0 Å². The van der Waals surface area contributed by atoms with Crippen LogP contribution in [0, 0.1) is 6.92 Å². The summed E-state index contributed by atoms with van der Waals surface area (Å²) >= 11 is 0. The van der Waals surface area contributed by atoms with Gasteiger partial charge in [-0.15, -0.1) is 0 Å². The van der Waals surface area contributed by atoms with Gasteiger partial charge >= 0.3 is 0 Å². The molecule has 96 valence electrons. The maximum absolute atomic E-state index is 12.0. The van der Waals surface area contributed by atoms with Gasteiger partial charge in [-0.1, -0.05) is 35.9 Å². The minimum absolute atomic E-state index is 0.0384. The summed E-state index contributed by atoms with van der Waals surface area (Å²) in [6, 6.07) is 13.2. The number of carboxylic acid groups (broad SMARTS) is 1. The lowest BCUT2D eigenvalue weighted by molar-refractivity contribution is -0.254. The Kier molecular flexibility index (Phi) is 3.61. The van der Waals surface area contributed by atoms with Crippen LogP contribution in [-0.2, 0) is 0 Å². The number of carbonyl (C=O) groups excluding carboxylic acids is 2. The van der Waals surface area contributed by atoms with E-state index in [1.807, 2.05) is 13.0 Å². The molecule has 0 unspecified atom stereocenters. The fraction of sp³-hybridized carbons (Fsp3) is 0.0667. The van der Waals surface area contributed by atoms with Gasteiger partial charge < -0.3 is 15.2 Å². The molecule has 0 saturated heterocycles. The van der Waals surface area contributed by atoms with Crippen LogP contribution in [0.1, 0.15) is 26.3 Å². The molecule has 0 aliphatic heterocycles. The molecule has 1 N–H and O–H groups in total. The van der Waals surface area contributed by atoms with Gasteiger partial charge in [-0.3, -0.25) is 4.79 Å². The third-order valence-electron chi connectivity index (χ3n) is 2.68. The minimum atomic E-state index is -1.32. The van der Waals surface area contributed by atoms with Crippen LogP contribution in [0.15, 0.2) is 48.5 Å². The second-order valence-electron chi connectivity index (χ2n) is 4.16. The average Bonchev–Trinajstić information content (AvgIpc) is 2.39. The van der Waals surface area contributed by atoms with Gasteiger partial charge in [-0.25, -0.2) is 0 Å². The molecule has 19 heavy (non-hydrogen) atoms. The highest BCUT2D eigenvalue weighted by Gasteiger charge is 2.09. The quantitative estimate of drug-likeness (QED) is 0.904. The molecule has 0 saturated carbocycles. The van der Waals surface area contributed by atoms with Crippen LogP contribution >= 0.6 is 0 Å². The van der Waals surface area contributed by atoms with E-state index < -0.39 is 5.97 Å². The number of aromatic carboxylic acids is 1. The van der Waals surface area contributed by atoms with E-state index in [2.05, 4.69) is 5.32 Å². The van der Waals surface area contributed by atoms with Gasteiger partial charge in [0, 0.05) is 11.1 Å². The Balaban J connectivity index is 2.27. The molecule has 2 rings (SSSR count). The minimum Gasteiger partial charge on any atom is -0.545 e. The Bertz CT molecular complexity index is 635. The molecule has 0 aromatic heterocycles. The molecule has 4 nitrogen and oxygen atoms in total. The lowest BCUT2D eigenvalue weighted by Crippen LogP contribution is -2.24. The van der Waals surface area contributed by atoms with Gasteiger partial charge in [0.05, 0.1) is 11.7 Å². The van der Waals surface area contributed by atoms with Crippen molar-refractivity contribution in [1.82, 2.24) is 0 Å². The Morgan fingerprint density at radius 1 is 1.05 bits per heavy atom. The summed E-state index contributed by atoms with van der Waals surface area (Å²) in [5.74, 6) is -1.67. The molecule has 0 fully saturated rings. The summed E-state index contributed by atoms with van der Waals surface area (Å²) in [5, 5.41) is 13.5. The first-order valence-corrected chi connectivity index (χ1v) is 5.76. The molecule has 0 radical (unpaired) electrons. The van der Waals surface area contributed by atoms with Crippen molar-refractivity contribution < 1.29 is 14.7 Å². The normalized spacial score (nSPS) is 9.95. The molecule has 0 aliphatic rings. The number of benzene rings is 2. The molecule has 0 atom stereocenters. The smallest absolute Gasteiger partial charge is 0.255 e. The zero-order chi connectivity index (χ0) is 13.8. The van der Waals surface area contributed by atoms with Crippen LogP contribution in [0.2, 0.25) is 0 Å². The van der Waals surface area contributed by atoms with Crippen molar-refractivity contribution in [2.45, 2.75) is 6.92 Å². The van der Waals surface area contributed by atoms with Crippen molar-refractivity contribution in [3.8, 4) is 0 Å². The summed E-state index contributed by atoms with van der Waals surface area (Å²) in [4.78, 5) is 22.9. The monoisotopic (exact) mass is 254 g/mol. The first-order valence-electron chi connectivity index (χ1n) is 5.76. The number of carboxylic acids is 1. The van der Waals surface area contributed by atoms with Gasteiger partial charge in [0.1, 0.15) is 0 Å². The van der Waals surface area contributed by atoms with Crippen molar-refractivity contribution in [3.05, 3.63) is 65.2 Å². The van der Waals surface area contributed by atoms with Crippen molar-refractivity contribution in [3.63, 3.8) is 0 Å². The predicted molar refractivity (Wildman–Crippen MR) is 69.9 cm³/mol. The fourth-order valence-electron chi connectivity index (χ4n) is 1.75. The number of amides is 1. The number of aryl methyl sites for hydroxylation is 1. The molecule has 0 spiro atoms. The van der Waals surface area contributed by atoms with Crippen molar-refractivity contribution in [1.29, 1.82) is 0 Å². The fourth-order valence-corrected chi connectivity index (χ4v) is 1.75. The second kappa shape index (κ2) is 5.35. The Morgan fingerprint density at radius 3 is 2.47 bits per heavy atom. The van der Waals surface area contributed by atoms with E-state index in [1.54, 1.807) is 30.3 Å². The molecule has 0 heterocycles. The summed E-state index contributed by atoms with van der Waals surface area (Å²) in [7, 11) is 0. The zero-order valence-electron chi connectivity index (χ0n) is 10.3. The maximum atomic E-state index is 12.0. The number of hydrogen-bond acceptors (Lipinski definition) is 3. The predicted octanol–water partition coefficient (Wildman–Crippen LogP) is 1.61. The summed E-state index contributed by atoms with van der Waals surface area (Å²) in [6.45, 7) is 1.88. The molecule has 1 amide bonds. The van der Waals surface area contributed by atoms with E-state index in [-0.39, 0.29) is 17.2 Å². The van der Waals surface area contributed by atoms with Crippen molar-refractivity contribution in [2.75, 3.05) is 5.32 Å². The number of anilines is 1. The standard InChI is InChI=1S/C15H13NO3/c1-10-5-4-6-11(9-10)14(17)16-13-8-3-2-7-12(13)15(18)19/h2-9H,1H3,(H,16,17)(H,18,19)/p-1. The van der Waals surface area contributed by atoms with Crippen LogP contribution in [0.3, 0.4) is 0 Å². The first kappa shape index (κ1) is 12.8. The van der Waals surface area contributed by atoms with Crippen molar-refractivity contribution in [2.24, 2.45) is 0 Å². The van der Waals surface area contributed by atoms with Gasteiger partial charge in [0.2, 0.25) is 0 Å². The Hall–Kier alpha value is -2.62. The molecule has 0 aliphatic carbocycles. The average molecular weight is 254 g/mol. The molecular weight excluding hydrogens is 242 g/mol. The second-order valence-corrected chi connectivity index (χ2v) is 4.16. The Labute approximate surface area is 110 Å². The first-order chi connectivity index (χ1) is 9.08. The SMILES string of the molecule is Cc1cccc(C(=O)Nc2ccccc2C(=O)[O-])c1. The summed E-state index contributed by atoms with van der Waals surface area (Å²) < 4.78 is 0. The van der Waals surface area contributed by atoms with E-state index >= 15 is 0 Å².